The lowest BCUT2D eigenvalue weighted by Gasteiger charge is -2.18. The number of methoxy groups -OCH3 is 1. The first-order valence-electron chi connectivity index (χ1n) is 7.50. The summed E-state index contributed by atoms with van der Waals surface area (Å²) in [6.07, 6.45) is 0.775. The second kappa shape index (κ2) is 8.31. The highest BCUT2D eigenvalue weighted by atomic mass is 16.5. The molecule has 6 nitrogen and oxygen atoms in total. The molecular formula is C17H24N2O4. The van der Waals surface area contributed by atoms with Crippen LogP contribution in [0.2, 0.25) is 0 Å². The minimum Gasteiger partial charge on any atom is -0.469 e. The summed E-state index contributed by atoms with van der Waals surface area (Å²) >= 11 is 0. The van der Waals surface area contributed by atoms with Crippen molar-refractivity contribution in [1.82, 2.24) is 5.32 Å². The smallest absolute Gasteiger partial charge is 0.305 e. The van der Waals surface area contributed by atoms with E-state index in [1.54, 1.807) is 24.3 Å². The number of amides is 2. The van der Waals surface area contributed by atoms with Crippen molar-refractivity contribution in [1.29, 1.82) is 0 Å². The number of rotatable bonds is 6. The second-order valence-corrected chi connectivity index (χ2v) is 6.22. The van der Waals surface area contributed by atoms with Crippen molar-refractivity contribution >= 4 is 23.5 Å². The molecule has 126 valence electrons. The molecule has 1 aromatic rings. The molecular weight excluding hydrogens is 296 g/mol. The number of carbonyl (C=O) groups is 3. The fourth-order valence-electron chi connectivity index (χ4n) is 1.70. The van der Waals surface area contributed by atoms with Gasteiger partial charge in [0.1, 0.15) is 0 Å². The Morgan fingerprint density at radius 2 is 1.87 bits per heavy atom. The van der Waals surface area contributed by atoms with Gasteiger partial charge in [-0.2, -0.15) is 0 Å². The normalized spacial score (nSPS) is 10.8. The van der Waals surface area contributed by atoms with Crippen molar-refractivity contribution < 1.29 is 19.1 Å². The van der Waals surface area contributed by atoms with Crippen LogP contribution >= 0.6 is 0 Å². The molecule has 2 amide bonds. The van der Waals surface area contributed by atoms with Gasteiger partial charge in [0.25, 0.3) is 5.91 Å². The topological polar surface area (TPSA) is 84.5 Å². The second-order valence-electron chi connectivity index (χ2n) is 6.22. The fraction of sp³-hybridized carbons (Fsp3) is 0.471. The lowest BCUT2D eigenvalue weighted by atomic mass is 9.95. The quantitative estimate of drug-likeness (QED) is 0.622. The van der Waals surface area contributed by atoms with Crippen LogP contribution in [-0.4, -0.2) is 31.4 Å². The van der Waals surface area contributed by atoms with E-state index in [1.165, 1.54) is 7.11 Å². The predicted molar refractivity (Wildman–Crippen MR) is 88.1 cm³/mol. The lowest BCUT2D eigenvalue weighted by Crippen LogP contribution is -2.28. The lowest BCUT2D eigenvalue weighted by molar-refractivity contribution is -0.140. The van der Waals surface area contributed by atoms with E-state index in [2.05, 4.69) is 15.4 Å². The van der Waals surface area contributed by atoms with Crippen LogP contribution in [0.1, 0.15) is 44.0 Å². The highest BCUT2D eigenvalue weighted by Gasteiger charge is 2.21. The van der Waals surface area contributed by atoms with E-state index in [9.17, 15) is 14.4 Å². The van der Waals surface area contributed by atoms with Crippen molar-refractivity contribution in [3.8, 4) is 0 Å². The van der Waals surface area contributed by atoms with Gasteiger partial charge in [-0.3, -0.25) is 14.4 Å². The molecule has 1 aromatic carbocycles. The van der Waals surface area contributed by atoms with Gasteiger partial charge in [-0.05, 0) is 24.6 Å². The third kappa shape index (κ3) is 6.50. The summed E-state index contributed by atoms with van der Waals surface area (Å²) in [6.45, 7) is 5.84. The zero-order valence-electron chi connectivity index (χ0n) is 14.1. The van der Waals surface area contributed by atoms with Crippen LogP contribution in [0.15, 0.2) is 24.3 Å². The average molecular weight is 320 g/mol. The number of anilines is 1. The van der Waals surface area contributed by atoms with Crippen LogP contribution in [0.4, 0.5) is 5.69 Å². The van der Waals surface area contributed by atoms with Gasteiger partial charge < -0.3 is 15.4 Å². The van der Waals surface area contributed by atoms with Crippen molar-refractivity contribution in [2.45, 2.75) is 33.6 Å². The number of hydrogen-bond donors (Lipinski definition) is 2. The number of carbonyl (C=O) groups excluding carboxylic acids is 3. The summed E-state index contributed by atoms with van der Waals surface area (Å²) in [5.74, 6) is -0.666. The first-order chi connectivity index (χ1) is 10.7. The van der Waals surface area contributed by atoms with E-state index in [1.807, 2.05) is 20.8 Å². The number of esters is 1. The van der Waals surface area contributed by atoms with E-state index in [0.717, 1.165) is 0 Å². The molecule has 2 N–H and O–H groups in total. The van der Waals surface area contributed by atoms with Gasteiger partial charge in [-0.1, -0.05) is 26.8 Å². The number of benzene rings is 1. The van der Waals surface area contributed by atoms with E-state index in [0.29, 0.717) is 24.2 Å². The largest absolute Gasteiger partial charge is 0.469 e. The molecule has 6 heteroatoms. The standard InChI is InChI=1S/C17H24N2O4/c1-17(2,3)16(22)19-13-8-5-7-12(11-13)15(21)18-10-6-9-14(20)23-4/h5,7-8,11H,6,9-10H2,1-4H3,(H,18,21)(H,19,22). The molecule has 1 rings (SSSR count). The van der Waals surface area contributed by atoms with Crippen molar-refractivity contribution in [3.63, 3.8) is 0 Å². The van der Waals surface area contributed by atoms with Gasteiger partial charge >= 0.3 is 5.97 Å². The molecule has 0 aliphatic rings. The highest BCUT2D eigenvalue weighted by Crippen LogP contribution is 2.18. The first-order valence-corrected chi connectivity index (χ1v) is 7.50. The molecule has 0 saturated carbocycles. The molecule has 0 radical (unpaired) electrons. The minimum atomic E-state index is -0.508. The third-order valence-corrected chi connectivity index (χ3v) is 3.13. The van der Waals surface area contributed by atoms with E-state index < -0.39 is 5.41 Å². The van der Waals surface area contributed by atoms with Crippen LogP contribution in [0.25, 0.3) is 0 Å². The SMILES string of the molecule is COC(=O)CCCNC(=O)c1cccc(NC(=O)C(C)(C)C)c1. The number of hydrogen-bond acceptors (Lipinski definition) is 4. The van der Waals surface area contributed by atoms with Gasteiger partial charge in [0.05, 0.1) is 7.11 Å². The summed E-state index contributed by atoms with van der Waals surface area (Å²) in [4.78, 5) is 35.0. The maximum atomic E-state index is 12.1. The summed E-state index contributed by atoms with van der Waals surface area (Å²) in [7, 11) is 1.33. The third-order valence-electron chi connectivity index (χ3n) is 3.13. The van der Waals surface area contributed by atoms with Gasteiger partial charge in [0.15, 0.2) is 0 Å². The Morgan fingerprint density at radius 3 is 2.48 bits per heavy atom. The Kier molecular flexibility index (Phi) is 6.75. The maximum Gasteiger partial charge on any atom is 0.305 e. The van der Waals surface area contributed by atoms with Crippen molar-refractivity contribution in [2.75, 3.05) is 19.0 Å². The Morgan fingerprint density at radius 1 is 1.17 bits per heavy atom. The summed E-state index contributed by atoms with van der Waals surface area (Å²) in [5, 5.41) is 5.52. The Balaban J connectivity index is 2.57. The van der Waals surface area contributed by atoms with E-state index in [4.69, 9.17) is 0 Å². The van der Waals surface area contributed by atoms with Crippen molar-refractivity contribution in [2.24, 2.45) is 5.41 Å². The molecule has 0 fully saturated rings. The number of nitrogens with one attached hydrogen (secondary N) is 2. The molecule has 0 aromatic heterocycles. The zero-order chi connectivity index (χ0) is 17.5. The maximum absolute atomic E-state index is 12.1. The molecule has 0 heterocycles. The molecule has 0 bridgehead atoms. The molecule has 0 aliphatic heterocycles. The molecule has 0 saturated heterocycles. The fourth-order valence-corrected chi connectivity index (χ4v) is 1.70. The summed E-state index contributed by atoms with van der Waals surface area (Å²) < 4.78 is 4.53. The predicted octanol–water partition coefficient (Wildman–Crippen LogP) is 2.35. The summed E-state index contributed by atoms with van der Waals surface area (Å²) in [6, 6.07) is 6.74. The number of ether oxygens (including phenoxy) is 1. The van der Waals surface area contributed by atoms with Crippen LogP contribution in [0.5, 0.6) is 0 Å². The first kappa shape index (κ1) is 18.7. The molecule has 0 spiro atoms. The molecule has 0 unspecified atom stereocenters. The molecule has 0 aliphatic carbocycles. The van der Waals surface area contributed by atoms with Gasteiger partial charge in [0.2, 0.25) is 5.91 Å². The Labute approximate surface area is 136 Å². The highest BCUT2D eigenvalue weighted by molar-refractivity contribution is 5.98. The molecule has 23 heavy (non-hydrogen) atoms. The van der Waals surface area contributed by atoms with Crippen LogP contribution in [0, 0.1) is 5.41 Å². The van der Waals surface area contributed by atoms with Gasteiger partial charge in [0, 0.05) is 29.6 Å². The minimum absolute atomic E-state index is 0.117. The molecule has 0 atom stereocenters. The van der Waals surface area contributed by atoms with Gasteiger partial charge in [-0.15, -0.1) is 0 Å². The average Bonchev–Trinajstić information content (AvgIpc) is 2.50. The van der Waals surface area contributed by atoms with Gasteiger partial charge in [-0.25, -0.2) is 0 Å². The van der Waals surface area contributed by atoms with Crippen LogP contribution < -0.4 is 10.6 Å². The van der Waals surface area contributed by atoms with Crippen LogP contribution in [-0.2, 0) is 14.3 Å². The monoisotopic (exact) mass is 320 g/mol. The van der Waals surface area contributed by atoms with Crippen LogP contribution in [0.3, 0.4) is 0 Å². The van der Waals surface area contributed by atoms with E-state index in [-0.39, 0.29) is 24.2 Å². The van der Waals surface area contributed by atoms with E-state index >= 15 is 0 Å². The van der Waals surface area contributed by atoms with Crippen molar-refractivity contribution in [3.05, 3.63) is 29.8 Å². The Bertz CT molecular complexity index is 576. The zero-order valence-corrected chi connectivity index (χ0v) is 14.1. The Hall–Kier alpha value is -2.37. The summed E-state index contributed by atoms with van der Waals surface area (Å²) in [5.41, 5.74) is 0.522.